The highest BCUT2D eigenvalue weighted by Gasteiger charge is 2.12. The van der Waals surface area contributed by atoms with Crippen molar-refractivity contribution < 1.29 is 4.74 Å². The van der Waals surface area contributed by atoms with Crippen molar-refractivity contribution >= 4 is 17.2 Å². The van der Waals surface area contributed by atoms with Crippen LogP contribution in [0.15, 0.2) is 49.3 Å². The van der Waals surface area contributed by atoms with E-state index < -0.39 is 0 Å². The molecule has 0 saturated heterocycles. The fraction of sp³-hybridized carbons (Fsp3) is 0.176. The fourth-order valence-electron chi connectivity index (χ4n) is 2.72. The van der Waals surface area contributed by atoms with Crippen molar-refractivity contribution in [1.29, 1.82) is 0 Å². The minimum atomic E-state index is 0.421. The van der Waals surface area contributed by atoms with Gasteiger partial charge in [0.25, 0.3) is 0 Å². The number of imidazole rings is 1. The molecule has 4 rings (SSSR count). The number of rotatable bonds is 8. The molecule has 0 saturated carbocycles. The first-order chi connectivity index (χ1) is 13.8. The van der Waals surface area contributed by atoms with Gasteiger partial charge in [0.2, 0.25) is 5.88 Å². The third-order valence-electron chi connectivity index (χ3n) is 4.03. The third kappa shape index (κ3) is 3.56. The highest BCUT2D eigenvalue weighted by molar-refractivity contribution is 5.74. The molecule has 0 atom stereocenters. The number of anilines is 2. The molecule has 0 aliphatic rings. The summed E-state index contributed by atoms with van der Waals surface area (Å²) in [5.74, 6) is 6.36. The Morgan fingerprint density at radius 1 is 1.18 bits per heavy atom. The molecule has 11 nitrogen and oxygen atoms in total. The Hall–Kier alpha value is -3.70. The van der Waals surface area contributed by atoms with Crippen LogP contribution in [0.1, 0.15) is 0 Å². The summed E-state index contributed by atoms with van der Waals surface area (Å²) in [5, 5.41) is 7.50. The van der Waals surface area contributed by atoms with Gasteiger partial charge in [-0.2, -0.15) is 9.89 Å². The standard InChI is InChI=1S/C17H20N10O/c1-19-27-11-12(9-24-27)14-10-22-17-16(21-4-6-26(14)17)25-13-2-3-20-15(8-13)28-7-5-23-18/h2-4,6,8-11,19,23H,5,7,18H2,1H3,(H,20,21,25). The SMILES string of the molecule is CNn1cc(-c2cnc3c(Nc4ccnc(OCCNN)c4)nccn23)cn1. The number of aromatic nitrogens is 6. The topological polar surface area (TPSA) is 132 Å². The molecule has 0 aromatic carbocycles. The van der Waals surface area contributed by atoms with E-state index in [-0.39, 0.29) is 0 Å². The highest BCUT2D eigenvalue weighted by atomic mass is 16.5. The van der Waals surface area contributed by atoms with E-state index in [1.54, 1.807) is 42.7 Å². The minimum Gasteiger partial charge on any atom is -0.476 e. The quantitative estimate of drug-likeness (QED) is 0.198. The summed E-state index contributed by atoms with van der Waals surface area (Å²) >= 11 is 0. The first-order valence-electron chi connectivity index (χ1n) is 8.62. The van der Waals surface area contributed by atoms with Gasteiger partial charge in [-0.15, -0.1) is 0 Å². The molecule has 28 heavy (non-hydrogen) atoms. The smallest absolute Gasteiger partial charge is 0.215 e. The van der Waals surface area contributed by atoms with Crippen LogP contribution in [-0.4, -0.2) is 49.4 Å². The Labute approximate surface area is 160 Å². The highest BCUT2D eigenvalue weighted by Crippen LogP contribution is 2.25. The summed E-state index contributed by atoms with van der Waals surface area (Å²) < 4.78 is 7.49. The van der Waals surface area contributed by atoms with Crippen LogP contribution in [0.3, 0.4) is 0 Å². The number of nitrogens with zero attached hydrogens (tertiary/aromatic N) is 6. The van der Waals surface area contributed by atoms with Gasteiger partial charge < -0.3 is 15.5 Å². The van der Waals surface area contributed by atoms with Crippen LogP contribution in [0.4, 0.5) is 11.5 Å². The van der Waals surface area contributed by atoms with E-state index in [9.17, 15) is 0 Å². The average Bonchev–Trinajstić information content (AvgIpc) is 3.36. The molecule has 4 aromatic heterocycles. The third-order valence-corrected chi connectivity index (χ3v) is 4.03. The van der Waals surface area contributed by atoms with E-state index in [1.807, 2.05) is 22.9 Å². The van der Waals surface area contributed by atoms with Crippen LogP contribution in [0.5, 0.6) is 5.88 Å². The monoisotopic (exact) mass is 380 g/mol. The van der Waals surface area contributed by atoms with Crippen molar-refractivity contribution in [2.24, 2.45) is 5.84 Å². The molecule has 0 bridgehead atoms. The lowest BCUT2D eigenvalue weighted by molar-refractivity contribution is 0.303. The minimum absolute atomic E-state index is 0.421. The van der Waals surface area contributed by atoms with Crippen LogP contribution in [0, 0.1) is 0 Å². The van der Waals surface area contributed by atoms with Gasteiger partial charge in [-0.05, 0) is 6.07 Å². The summed E-state index contributed by atoms with van der Waals surface area (Å²) in [6.45, 7) is 0.950. The summed E-state index contributed by atoms with van der Waals surface area (Å²) in [6, 6.07) is 3.63. The lowest BCUT2D eigenvalue weighted by Crippen LogP contribution is -2.27. The van der Waals surface area contributed by atoms with E-state index in [0.29, 0.717) is 30.5 Å². The molecule has 0 radical (unpaired) electrons. The number of pyridine rings is 1. The predicted molar refractivity (Wildman–Crippen MR) is 105 cm³/mol. The summed E-state index contributed by atoms with van der Waals surface area (Å²) in [7, 11) is 1.80. The molecule has 5 N–H and O–H groups in total. The molecule has 4 heterocycles. The Bertz CT molecular complexity index is 1070. The zero-order valence-electron chi connectivity index (χ0n) is 15.2. The first-order valence-corrected chi connectivity index (χ1v) is 8.62. The van der Waals surface area contributed by atoms with Gasteiger partial charge in [-0.25, -0.2) is 15.0 Å². The largest absolute Gasteiger partial charge is 0.476 e. The van der Waals surface area contributed by atoms with Crippen LogP contribution in [-0.2, 0) is 0 Å². The molecular weight excluding hydrogens is 360 g/mol. The Balaban J connectivity index is 1.61. The Morgan fingerprint density at radius 3 is 2.93 bits per heavy atom. The van der Waals surface area contributed by atoms with E-state index in [0.717, 1.165) is 16.9 Å². The van der Waals surface area contributed by atoms with Gasteiger partial charge in [0.15, 0.2) is 11.5 Å². The zero-order valence-corrected chi connectivity index (χ0v) is 15.2. The second-order valence-corrected chi connectivity index (χ2v) is 5.82. The van der Waals surface area contributed by atoms with Crippen molar-refractivity contribution in [3.05, 3.63) is 49.3 Å². The van der Waals surface area contributed by atoms with E-state index in [1.165, 1.54) is 0 Å². The zero-order chi connectivity index (χ0) is 19.3. The number of nitrogens with two attached hydrogens (primary N) is 1. The molecule has 0 fully saturated rings. The maximum absolute atomic E-state index is 5.54. The van der Waals surface area contributed by atoms with Crippen molar-refractivity contribution in [2.75, 3.05) is 30.9 Å². The van der Waals surface area contributed by atoms with Gasteiger partial charge in [0.1, 0.15) is 6.61 Å². The second-order valence-electron chi connectivity index (χ2n) is 5.82. The number of nitrogens with one attached hydrogen (secondary N) is 3. The van der Waals surface area contributed by atoms with Crippen molar-refractivity contribution in [2.45, 2.75) is 0 Å². The molecule has 11 heteroatoms. The molecule has 0 spiro atoms. The molecular formula is C17H20N10O. The van der Waals surface area contributed by atoms with E-state index in [4.69, 9.17) is 10.6 Å². The van der Waals surface area contributed by atoms with Crippen LogP contribution < -0.4 is 26.7 Å². The lowest BCUT2D eigenvalue weighted by atomic mass is 10.3. The fourth-order valence-corrected chi connectivity index (χ4v) is 2.72. The molecule has 0 unspecified atom stereocenters. The van der Waals surface area contributed by atoms with Crippen LogP contribution in [0.2, 0.25) is 0 Å². The molecule has 0 aliphatic heterocycles. The number of ether oxygens (including phenoxy) is 1. The number of hydrazine groups is 1. The van der Waals surface area contributed by atoms with E-state index in [2.05, 4.69) is 36.2 Å². The summed E-state index contributed by atoms with van der Waals surface area (Å²) in [5.41, 5.74) is 8.82. The predicted octanol–water partition coefficient (Wildman–Crippen LogP) is 0.747. The van der Waals surface area contributed by atoms with Crippen LogP contribution >= 0.6 is 0 Å². The Morgan fingerprint density at radius 2 is 2.11 bits per heavy atom. The molecule has 4 aromatic rings. The average molecular weight is 380 g/mol. The number of hydrogen-bond acceptors (Lipinski definition) is 9. The maximum Gasteiger partial charge on any atom is 0.215 e. The van der Waals surface area contributed by atoms with Crippen molar-refractivity contribution in [3.63, 3.8) is 0 Å². The number of hydrogen-bond donors (Lipinski definition) is 4. The van der Waals surface area contributed by atoms with Crippen molar-refractivity contribution in [1.82, 2.24) is 34.7 Å². The van der Waals surface area contributed by atoms with Gasteiger partial charge >= 0.3 is 0 Å². The normalized spacial score (nSPS) is 10.9. The van der Waals surface area contributed by atoms with Gasteiger partial charge in [0.05, 0.1) is 24.3 Å². The molecule has 144 valence electrons. The van der Waals surface area contributed by atoms with Gasteiger partial charge in [-0.1, -0.05) is 0 Å². The molecule has 0 aliphatic carbocycles. The van der Waals surface area contributed by atoms with E-state index >= 15 is 0 Å². The lowest BCUT2D eigenvalue weighted by Gasteiger charge is -2.09. The Kier molecular flexibility index (Phi) is 4.99. The van der Waals surface area contributed by atoms with Gasteiger partial charge in [0, 0.05) is 49.5 Å². The summed E-state index contributed by atoms with van der Waals surface area (Å²) in [4.78, 5) is 14.8. The van der Waals surface area contributed by atoms with Gasteiger partial charge in [-0.3, -0.25) is 15.7 Å². The molecule has 0 amide bonds. The first kappa shape index (κ1) is 17.7. The summed E-state index contributed by atoms with van der Waals surface area (Å²) in [6.07, 6.45) is 10.7. The van der Waals surface area contributed by atoms with Crippen LogP contribution in [0.25, 0.3) is 16.9 Å². The van der Waals surface area contributed by atoms with Crippen molar-refractivity contribution in [3.8, 4) is 17.1 Å². The number of fused-ring (bicyclic) bond motifs is 1. The maximum atomic E-state index is 5.54. The second kappa shape index (κ2) is 7.90.